The second-order valence-electron chi connectivity index (χ2n) is 13.4. The number of fused-ring (bicyclic) bond motifs is 7. The Labute approximate surface area is 201 Å². The van der Waals surface area contributed by atoms with Gasteiger partial charge in [-0.3, -0.25) is 0 Å². The number of hydrogen-bond donors (Lipinski definition) is 0. The molecule has 186 valence electrons. The molecule has 0 radical (unpaired) electrons. The molecule has 10 atom stereocenters. The van der Waals surface area contributed by atoms with E-state index in [1.807, 2.05) is 0 Å². The zero-order valence-electron chi connectivity index (χ0n) is 21.8. The van der Waals surface area contributed by atoms with Crippen molar-refractivity contribution in [2.24, 2.45) is 46.3 Å². The maximum Gasteiger partial charge on any atom is 0.172 e. The van der Waals surface area contributed by atoms with Crippen molar-refractivity contribution >= 4 is 0 Å². The number of rotatable bonds is 2. The van der Waals surface area contributed by atoms with Crippen molar-refractivity contribution in [2.45, 2.75) is 110 Å². The van der Waals surface area contributed by atoms with E-state index in [2.05, 4.69) is 53.7 Å². The van der Waals surface area contributed by atoms with E-state index in [-0.39, 0.29) is 17.6 Å². The van der Waals surface area contributed by atoms with Crippen LogP contribution in [0.25, 0.3) is 0 Å². The number of ether oxygens (including phenoxy) is 4. The molecular formula is C29H46O4. The van der Waals surface area contributed by atoms with Gasteiger partial charge >= 0.3 is 0 Å². The van der Waals surface area contributed by atoms with Gasteiger partial charge < -0.3 is 18.9 Å². The van der Waals surface area contributed by atoms with Crippen LogP contribution in [0.2, 0.25) is 0 Å². The lowest BCUT2D eigenvalue weighted by atomic mass is 9.42. The zero-order valence-corrected chi connectivity index (χ0v) is 21.8. The van der Waals surface area contributed by atoms with Crippen molar-refractivity contribution in [3.05, 3.63) is 12.2 Å². The first-order valence-corrected chi connectivity index (χ1v) is 13.9. The van der Waals surface area contributed by atoms with Crippen LogP contribution in [0.15, 0.2) is 12.2 Å². The van der Waals surface area contributed by atoms with E-state index in [1.165, 1.54) is 25.7 Å². The summed E-state index contributed by atoms with van der Waals surface area (Å²) in [6.07, 6.45) is 13.8. The molecule has 2 saturated heterocycles. The van der Waals surface area contributed by atoms with Gasteiger partial charge in [0.1, 0.15) is 0 Å². The molecule has 0 N–H and O–H groups in total. The summed E-state index contributed by atoms with van der Waals surface area (Å²) >= 11 is 0. The van der Waals surface area contributed by atoms with Crippen LogP contribution in [-0.4, -0.2) is 37.0 Å². The number of hydrogen-bond acceptors (Lipinski definition) is 4. The van der Waals surface area contributed by atoms with Crippen LogP contribution in [0.1, 0.15) is 86.5 Å². The van der Waals surface area contributed by atoms with E-state index in [9.17, 15) is 0 Å². The third-order valence-electron chi connectivity index (χ3n) is 11.5. The first kappa shape index (κ1) is 23.0. The van der Waals surface area contributed by atoms with Gasteiger partial charge in [0.15, 0.2) is 11.6 Å². The van der Waals surface area contributed by atoms with Crippen molar-refractivity contribution in [1.82, 2.24) is 0 Å². The minimum Gasteiger partial charge on any atom is -0.347 e. The average molecular weight is 459 g/mol. The van der Waals surface area contributed by atoms with Gasteiger partial charge in [-0.2, -0.15) is 0 Å². The maximum atomic E-state index is 6.63. The standard InChI is InChI=1S/C29H46O4/c1-7-8-18(2)20-9-10-21-19-16-29(30-13-14-31-29)25-15-23-24(33-26(3,4)32-23)17-28(25,6)22(19)11-12-27(20,21)5/h7-8,18-25H,9-17H2,1-6H3/b8-7-/t18-,19?,20-,21?,22?,23+,24-,25+,27-,28-/m1/s1. The van der Waals surface area contributed by atoms with E-state index < -0.39 is 11.6 Å². The van der Waals surface area contributed by atoms with Gasteiger partial charge in [-0.05, 0) is 99.7 Å². The smallest absolute Gasteiger partial charge is 0.172 e. The predicted molar refractivity (Wildman–Crippen MR) is 128 cm³/mol. The largest absolute Gasteiger partial charge is 0.347 e. The van der Waals surface area contributed by atoms with Crippen LogP contribution in [0, 0.1) is 46.3 Å². The average Bonchev–Trinajstić information content (AvgIpc) is 3.41. The van der Waals surface area contributed by atoms with Crippen molar-refractivity contribution in [3.63, 3.8) is 0 Å². The molecule has 0 amide bonds. The normalized spacial score (nSPS) is 53.0. The fraction of sp³-hybridized carbons (Fsp3) is 0.931. The first-order chi connectivity index (χ1) is 15.6. The van der Waals surface area contributed by atoms with Gasteiger partial charge in [0.05, 0.1) is 25.4 Å². The molecule has 6 aliphatic rings. The molecule has 1 spiro atoms. The summed E-state index contributed by atoms with van der Waals surface area (Å²) in [6, 6.07) is 0. The lowest BCUT2D eigenvalue weighted by Crippen LogP contribution is -2.65. The quantitative estimate of drug-likeness (QED) is 0.452. The third-order valence-corrected chi connectivity index (χ3v) is 11.5. The van der Waals surface area contributed by atoms with Crippen molar-refractivity contribution in [1.29, 1.82) is 0 Å². The Hall–Kier alpha value is -0.420. The van der Waals surface area contributed by atoms with Crippen molar-refractivity contribution in [3.8, 4) is 0 Å². The van der Waals surface area contributed by atoms with Crippen LogP contribution >= 0.6 is 0 Å². The molecule has 4 heteroatoms. The minimum absolute atomic E-state index is 0.172. The summed E-state index contributed by atoms with van der Waals surface area (Å²) in [5.74, 6) is 3.19. The maximum absolute atomic E-state index is 6.63. The minimum atomic E-state index is -0.476. The van der Waals surface area contributed by atoms with Gasteiger partial charge in [0.25, 0.3) is 0 Å². The van der Waals surface area contributed by atoms with E-state index in [0.29, 0.717) is 23.2 Å². The lowest BCUT2D eigenvalue weighted by molar-refractivity contribution is -0.300. The first-order valence-electron chi connectivity index (χ1n) is 13.9. The van der Waals surface area contributed by atoms with Crippen LogP contribution in [0.3, 0.4) is 0 Å². The molecule has 0 bridgehead atoms. The Bertz CT molecular complexity index is 799. The predicted octanol–water partition coefficient (Wildman–Crippen LogP) is 6.34. The summed E-state index contributed by atoms with van der Waals surface area (Å²) in [5, 5.41) is 0. The van der Waals surface area contributed by atoms with Crippen LogP contribution in [0.4, 0.5) is 0 Å². The van der Waals surface area contributed by atoms with Crippen LogP contribution in [-0.2, 0) is 18.9 Å². The summed E-state index contributed by atoms with van der Waals surface area (Å²) in [6.45, 7) is 15.5. The fourth-order valence-corrected chi connectivity index (χ4v) is 10.4. The Kier molecular flexibility index (Phi) is 5.26. The van der Waals surface area contributed by atoms with Gasteiger partial charge in [0, 0.05) is 12.3 Å². The zero-order chi connectivity index (χ0) is 23.2. The van der Waals surface area contributed by atoms with Gasteiger partial charge in [-0.15, -0.1) is 0 Å². The molecule has 0 aromatic rings. The highest BCUT2D eigenvalue weighted by Crippen LogP contribution is 2.71. The van der Waals surface area contributed by atoms with Crippen LogP contribution in [0.5, 0.6) is 0 Å². The summed E-state index contributed by atoms with van der Waals surface area (Å²) in [5.41, 5.74) is 0.627. The molecule has 4 saturated carbocycles. The molecule has 0 aromatic heterocycles. The molecule has 6 rings (SSSR count). The van der Waals surface area contributed by atoms with Gasteiger partial charge in [-0.25, -0.2) is 0 Å². The molecule has 0 aromatic carbocycles. The molecule has 33 heavy (non-hydrogen) atoms. The number of allylic oxidation sites excluding steroid dienone is 2. The van der Waals surface area contributed by atoms with Crippen LogP contribution < -0.4 is 0 Å². The summed E-state index contributed by atoms with van der Waals surface area (Å²) < 4.78 is 26.1. The molecule has 6 fully saturated rings. The molecular weight excluding hydrogens is 412 g/mol. The van der Waals surface area contributed by atoms with E-state index in [1.54, 1.807) is 0 Å². The van der Waals surface area contributed by atoms with Crippen molar-refractivity contribution in [2.75, 3.05) is 13.2 Å². The Morgan fingerprint density at radius 2 is 1.55 bits per heavy atom. The Morgan fingerprint density at radius 3 is 2.27 bits per heavy atom. The second kappa shape index (κ2) is 7.54. The highest BCUT2D eigenvalue weighted by atomic mass is 16.8. The Morgan fingerprint density at radius 1 is 0.848 bits per heavy atom. The monoisotopic (exact) mass is 458 g/mol. The van der Waals surface area contributed by atoms with Gasteiger partial charge in [0.2, 0.25) is 0 Å². The molecule has 2 heterocycles. The summed E-state index contributed by atoms with van der Waals surface area (Å²) in [7, 11) is 0. The topological polar surface area (TPSA) is 36.9 Å². The molecule has 4 aliphatic carbocycles. The van der Waals surface area contributed by atoms with E-state index in [4.69, 9.17) is 18.9 Å². The SMILES string of the molecule is C/C=C\[C@@H](C)[C@H]1CCC2C3CC4(OCCO4)[C@H]4C[C@@H]5OC(C)(C)O[C@@H]5C[C@]4(C)C3CC[C@@]21C. The van der Waals surface area contributed by atoms with E-state index in [0.717, 1.165) is 50.2 Å². The van der Waals surface area contributed by atoms with E-state index >= 15 is 0 Å². The molecule has 3 unspecified atom stereocenters. The highest BCUT2D eigenvalue weighted by Gasteiger charge is 2.69. The highest BCUT2D eigenvalue weighted by molar-refractivity contribution is 5.16. The molecule has 2 aliphatic heterocycles. The molecule has 4 nitrogen and oxygen atoms in total. The summed E-state index contributed by atoms with van der Waals surface area (Å²) in [4.78, 5) is 0. The van der Waals surface area contributed by atoms with Crippen molar-refractivity contribution < 1.29 is 18.9 Å². The fourth-order valence-electron chi connectivity index (χ4n) is 10.4. The Balaban J connectivity index is 1.36. The second-order valence-corrected chi connectivity index (χ2v) is 13.4. The third kappa shape index (κ3) is 3.22. The van der Waals surface area contributed by atoms with Gasteiger partial charge in [-0.1, -0.05) is 32.9 Å². The lowest BCUT2D eigenvalue weighted by Gasteiger charge is -2.65.